The fourth-order valence-electron chi connectivity index (χ4n) is 3.61. The Hall–Kier alpha value is -1.47. The van der Waals surface area contributed by atoms with Gasteiger partial charge in [-0.2, -0.15) is 0 Å². The molecule has 26 heavy (non-hydrogen) atoms. The maximum Gasteiger partial charge on any atom is 0.234 e. The molecule has 1 aromatic carbocycles. The van der Waals surface area contributed by atoms with Gasteiger partial charge in [0, 0.05) is 39.3 Å². The lowest BCUT2D eigenvalue weighted by atomic mass is 10.0. The molecule has 2 saturated heterocycles. The van der Waals surface area contributed by atoms with Crippen LogP contribution in [0.2, 0.25) is 0 Å². The number of nitrogens with zero attached hydrogens (tertiary/aromatic N) is 1. The predicted molar refractivity (Wildman–Crippen MR) is 101 cm³/mol. The van der Waals surface area contributed by atoms with E-state index < -0.39 is 0 Å². The van der Waals surface area contributed by atoms with Crippen molar-refractivity contribution in [2.75, 3.05) is 32.8 Å². The Kier molecular flexibility index (Phi) is 7.43. The van der Waals surface area contributed by atoms with Crippen molar-refractivity contribution < 1.29 is 14.6 Å². The summed E-state index contributed by atoms with van der Waals surface area (Å²) < 4.78 is 5.54. The Labute approximate surface area is 155 Å². The Morgan fingerprint density at radius 3 is 2.69 bits per heavy atom. The van der Waals surface area contributed by atoms with Crippen molar-refractivity contribution in [1.29, 1.82) is 0 Å². The molecule has 1 amide bonds. The zero-order valence-corrected chi connectivity index (χ0v) is 15.5. The molecule has 2 aliphatic rings. The van der Waals surface area contributed by atoms with Crippen LogP contribution in [0.4, 0.5) is 0 Å². The molecule has 2 heterocycles. The van der Waals surface area contributed by atoms with Crippen LogP contribution in [0.25, 0.3) is 0 Å². The van der Waals surface area contributed by atoms with Gasteiger partial charge in [0.1, 0.15) is 0 Å². The second-order valence-corrected chi connectivity index (χ2v) is 7.32. The van der Waals surface area contributed by atoms with E-state index >= 15 is 0 Å². The number of likely N-dealkylation sites (tertiary alicyclic amines) is 1. The summed E-state index contributed by atoms with van der Waals surface area (Å²) in [7, 11) is 0. The van der Waals surface area contributed by atoms with Gasteiger partial charge in [-0.1, -0.05) is 24.3 Å². The topological polar surface area (TPSA) is 73.8 Å². The number of aliphatic hydroxyl groups is 1. The van der Waals surface area contributed by atoms with Gasteiger partial charge >= 0.3 is 0 Å². The summed E-state index contributed by atoms with van der Waals surface area (Å²) in [6.45, 7) is 5.18. The second kappa shape index (κ2) is 10.0. The lowest BCUT2D eigenvalue weighted by Gasteiger charge is -2.30. The quantitative estimate of drug-likeness (QED) is 0.645. The fourth-order valence-corrected chi connectivity index (χ4v) is 3.61. The molecule has 0 unspecified atom stereocenters. The summed E-state index contributed by atoms with van der Waals surface area (Å²) in [6.07, 6.45) is 3.99. The smallest absolute Gasteiger partial charge is 0.234 e. The summed E-state index contributed by atoms with van der Waals surface area (Å²) in [4.78, 5) is 14.4. The maximum absolute atomic E-state index is 12.1. The third-order valence-corrected chi connectivity index (χ3v) is 5.23. The number of rotatable bonds is 8. The van der Waals surface area contributed by atoms with Crippen molar-refractivity contribution >= 4 is 5.91 Å². The summed E-state index contributed by atoms with van der Waals surface area (Å²) in [5, 5.41) is 15.8. The molecule has 0 saturated carbocycles. The van der Waals surface area contributed by atoms with Crippen LogP contribution in [-0.2, 0) is 22.6 Å². The van der Waals surface area contributed by atoms with Gasteiger partial charge in [0.25, 0.3) is 0 Å². The van der Waals surface area contributed by atoms with Crippen LogP contribution in [0.15, 0.2) is 24.3 Å². The number of nitrogens with one attached hydrogen (secondary N) is 2. The molecule has 0 radical (unpaired) electrons. The van der Waals surface area contributed by atoms with Crippen LogP contribution in [0.1, 0.15) is 36.8 Å². The molecule has 1 atom stereocenters. The monoisotopic (exact) mass is 361 g/mol. The molecule has 6 nitrogen and oxygen atoms in total. The van der Waals surface area contributed by atoms with E-state index in [0.29, 0.717) is 13.1 Å². The van der Waals surface area contributed by atoms with Gasteiger partial charge in [-0.25, -0.2) is 0 Å². The normalized spacial score (nSPS) is 21.8. The lowest BCUT2D eigenvalue weighted by Crippen LogP contribution is -2.37. The van der Waals surface area contributed by atoms with Crippen molar-refractivity contribution in [2.45, 2.75) is 51.0 Å². The van der Waals surface area contributed by atoms with Gasteiger partial charge in [0.2, 0.25) is 5.91 Å². The van der Waals surface area contributed by atoms with Gasteiger partial charge in [-0.15, -0.1) is 0 Å². The molecule has 6 heteroatoms. The first kappa shape index (κ1) is 19.3. The van der Waals surface area contributed by atoms with Gasteiger partial charge in [-0.3, -0.25) is 9.69 Å². The Bertz CT molecular complexity index is 567. The summed E-state index contributed by atoms with van der Waals surface area (Å²) in [5.41, 5.74) is 2.41. The third-order valence-electron chi connectivity index (χ3n) is 5.23. The molecule has 2 fully saturated rings. The fraction of sp³-hybridized carbons (Fsp3) is 0.650. The highest BCUT2D eigenvalue weighted by atomic mass is 16.5. The average Bonchev–Trinajstić information content (AvgIpc) is 3.16. The number of hydrogen-bond acceptors (Lipinski definition) is 5. The van der Waals surface area contributed by atoms with Gasteiger partial charge < -0.3 is 20.5 Å². The number of benzene rings is 1. The zero-order chi connectivity index (χ0) is 18.2. The molecule has 3 N–H and O–H groups in total. The minimum atomic E-state index is -0.150. The van der Waals surface area contributed by atoms with Crippen molar-refractivity contribution in [1.82, 2.24) is 15.5 Å². The Morgan fingerprint density at radius 1 is 1.19 bits per heavy atom. The van der Waals surface area contributed by atoms with Crippen molar-refractivity contribution in [3.63, 3.8) is 0 Å². The lowest BCUT2D eigenvalue weighted by molar-refractivity contribution is -0.120. The molecule has 2 aliphatic heterocycles. The molecular weight excluding hydrogens is 330 g/mol. The molecule has 0 aliphatic carbocycles. The van der Waals surface area contributed by atoms with Crippen molar-refractivity contribution in [3.05, 3.63) is 35.4 Å². The largest absolute Gasteiger partial charge is 0.393 e. The van der Waals surface area contributed by atoms with E-state index in [9.17, 15) is 9.90 Å². The molecule has 0 spiro atoms. The summed E-state index contributed by atoms with van der Waals surface area (Å²) >= 11 is 0. The van der Waals surface area contributed by atoms with Crippen LogP contribution in [-0.4, -0.2) is 60.9 Å². The van der Waals surface area contributed by atoms with Crippen LogP contribution >= 0.6 is 0 Å². The van der Waals surface area contributed by atoms with Crippen LogP contribution in [0.3, 0.4) is 0 Å². The number of piperidine rings is 1. The van der Waals surface area contributed by atoms with Crippen LogP contribution < -0.4 is 10.6 Å². The number of hydrogen-bond donors (Lipinski definition) is 3. The molecule has 144 valence electrons. The number of ether oxygens (including phenoxy) is 1. The minimum Gasteiger partial charge on any atom is -0.393 e. The van der Waals surface area contributed by atoms with E-state index in [1.54, 1.807) is 0 Å². The minimum absolute atomic E-state index is 0.0129. The maximum atomic E-state index is 12.1. The highest BCUT2D eigenvalue weighted by Crippen LogP contribution is 2.16. The first-order chi connectivity index (χ1) is 12.7. The number of aliphatic hydroxyl groups excluding tert-OH is 1. The average molecular weight is 361 g/mol. The molecule has 3 rings (SSSR count). The van der Waals surface area contributed by atoms with E-state index in [2.05, 4.69) is 27.7 Å². The highest BCUT2D eigenvalue weighted by molar-refractivity contribution is 5.78. The SMILES string of the molecule is O=C(CNC[C@H]1CCCO1)NCc1ccccc1CN1CCC(O)CC1. The second-order valence-electron chi connectivity index (χ2n) is 7.32. The Balaban J connectivity index is 1.41. The standard InChI is InChI=1S/C20H31N3O3/c24-18-7-9-23(10-8-18)15-17-5-2-1-4-16(17)12-22-20(25)14-21-13-19-6-3-11-26-19/h1-2,4-5,18-19,21,24H,3,6-15H2,(H,22,25)/t19-/m1/s1. The van der Waals surface area contributed by atoms with Gasteiger partial charge in [0.05, 0.1) is 18.8 Å². The van der Waals surface area contributed by atoms with Gasteiger partial charge in [-0.05, 0) is 36.8 Å². The van der Waals surface area contributed by atoms with E-state index in [1.165, 1.54) is 5.56 Å². The summed E-state index contributed by atoms with van der Waals surface area (Å²) in [5.74, 6) is 0.0129. The van der Waals surface area contributed by atoms with E-state index in [4.69, 9.17) is 4.74 Å². The number of carbonyl (C=O) groups excluding carboxylic acids is 1. The number of amides is 1. The Morgan fingerprint density at radius 2 is 1.96 bits per heavy atom. The van der Waals surface area contributed by atoms with Gasteiger partial charge in [0.15, 0.2) is 0 Å². The van der Waals surface area contributed by atoms with E-state index in [-0.39, 0.29) is 18.1 Å². The van der Waals surface area contributed by atoms with Crippen LogP contribution in [0.5, 0.6) is 0 Å². The molecular formula is C20H31N3O3. The first-order valence-electron chi connectivity index (χ1n) is 9.77. The predicted octanol–water partition coefficient (Wildman–Crippen LogP) is 1.03. The van der Waals surface area contributed by atoms with Crippen molar-refractivity contribution in [2.24, 2.45) is 0 Å². The van der Waals surface area contributed by atoms with E-state index in [0.717, 1.165) is 64.0 Å². The number of carbonyl (C=O) groups is 1. The zero-order valence-electron chi connectivity index (χ0n) is 15.5. The molecule has 0 bridgehead atoms. The van der Waals surface area contributed by atoms with Crippen molar-refractivity contribution in [3.8, 4) is 0 Å². The first-order valence-corrected chi connectivity index (χ1v) is 9.77. The molecule has 0 aromatic heterocycles. The highest BCUT2D eigenvalue weighted by Gasteiger charge is 2.18. The van der Waals surface area contributed by atoms with E-state index in [1.807, 2.05) is 12.1 Å². The molecule has 1 aromatic rings. The van der Waals surface area contributed by atoms with Crippen LogP contribution in [0, 0.1) is 0 Å². The summed E-state index contributed by atoms with van der Waals surface area (Å²) in [6, 6.07) is 8.26. The third kappa shape index (κ3) is 6.06.